The molecule has 1 aromatic carbocycles. The van der Waals surface area contributed by atoms with Crippen molar-refractivity contribution in [2.75, 3.05) is 0 Å². The van der Waals surface area contributed by atoms with E-state index >= 15 is 0 Å². The maximum atomic E-state index is 11.8. The summed E-state index contributed by atoms with van der Waals surface area (Å²) < 4.78 is 50.0. The average molecular weight is 224 g/mol. The van der Waals surface area contributed by atoms with Crippen molar-refractivity contribution in [3.63, 3.8) is 0 Å². The van der Waals surface area contributed by atoms with Crippen LogP contribution in [0.1, 0.15) is 5.56 Å². The molecule has 1 rings (SSSR count). The molecule has 78 valence electrons. The molecule has 0 aromatic heterocycles. The van der Waals surface area contributed by atoms with Crippen molar-refractivity contribution < 1.29 is 21.6 Å². The predicted octanol–water partition coefficient (Wildman–Crippen LogP) is 2.56. The molecule has 0 heterocycles. The van der Waals surface area contributed by atoms with Gasteiger partial charge in [0, 0.05) is 0 Å². The van der Waals surface area contributed by atoms with E-state index in [-0.39, 0.29) is 5.75 Å². The van der Waals surface area contributed by atoms with Crippen LogP contribution in [0.25, 0.3) is 0 Å². The molecule has 0 amide bonds. The van der Waals surface area contributed by atoms with Crippen LogP contribution >= 0.6 is 0 Å². The molecular formula is C8H7F3O2S. The molecule has 6 heteroatoms. The number of alkyl halides is 3. The molecule has 0 N–H and O–H groups in total. The van der Waals surface area contributed by atoms with Crippen LogP contribution in [0.2, 0.25) is 0 Å². The number of rotatable bonds is 2. The van der Waals surface area contributed by atoms with E-state index in [1.54, 1.807) is 19.1 Å². The first-order valence-corrected chi connectivity index (χ1v) is 4.70. The van der Waals surface area contributed by atoms with Gasteiger partial charge in [0.05, 0.1) is 0 Å². The number of benzene rings is 1. The van der Waals surface area contributed by atoms with Gasteiger partial charge in [-0.1, -0.05) is 17.7 Å². The maximum absolute atomic E-state index is 11.8. The fraction of sp³-hybridized carbons (Fsp3) is 0.250. The summed E-state index contributed by atoms with van der Waals surface area (Å²) in [6.45, 7) is 1.78. The van der Waals surface area contributed by atoms with Crippen LogP contribution in [0.3, 0.4) is 0 Å². The third-order valence-corrected chi connectivity index (χ3v) is 2.10. The van der Waals surface area contributed by atoms with E-state index in [9.17, 15) is 17.4 Å². The van der Waals surface area contributed by atoms with Crippen molar-refractivity contribution in [3.05, 3.63) is 29.8 Å². The van der Waals surface area contributed by atoms with E-state index in [2.05, 4.69) is 4.18 Å². The van der Waals surface area contributed by atoms with E-state index in [0.717, 1.165) is 5.56 Å². The third kappa shape index (κ3) is 3.02. The van der Waals surface area contributed by atoms with Crippen LogP contribution < -0.4 is 4.18 Å². The Kier molecular flexibility index (Phi) is 3.15. The van der Waals surface area contributed by atoms with Crippen LogP contribution in [0.5, 0.6) is 5.75 Å². The normalized spacial score (nSPS) is 13.7. The van der Waals surface area contributed by atoms with Crippen LogP contribution in [-0.2, 0) is 11.1 Å². The maximum Gasteiger partial charge on any atom is 0.508 e. The molecule has 0 fully saturated rings. The smallest absolute Gasteiger partial charge is 0.394 e. The molecule has 1 aromatic rings. The van der Waals surface area contributed by atoms with Crippen LogP contribution in [0, 0.1) is 6.92 Å². The van der Waals surface area contributed by atoms with Gasteiger partial charge < -0.3 is 4.18 Å². The molecule has 0 aliphatic carbocycles. The van der Waals surface area contributed by atoms with Crippen LogP contribution in [0.15, 0.2) is 24.3 Å². The van der Waals surface area contributed by atoms with Gasteiger partial charge in [0.1, 0.15) is 5.75 Å². The Hall–Kier alpha value is -1.04. The lowest BCUT2D eigenvalue weighted by molar-refractivity contribution is -0.0437. The first-order chi connectivity index (χ1) is 6.39. The zero-order chi connectivity index (χ0) is 10.8. The molecule has 1 atom stereocenters. The summed E-state index contributed by atoms with van der Waals surface area (Å²) in [5.41, 5.74) is -3.96. The number of halogens is 3. The second kappa shape index (κ2) is 4.00. The molecule has 0 spiro atoms. The molecular weight excluding hydrogens is 217 g/mol. The van der Waals surface area contributed by atoms with Crippen molar-refractivity contribution in [3.8, 4) is 5.75 Å². The Bertz CT molecular complexity index is 331. The highest BCUT2D eigenvalue weighted by Crippen LogP contribution is 2.23. The van der Waals surface area contributed by atoms with E-state index in [1.165, 1.54) is 12.1 Å². The standard InChI is InChI=1S/C8H7F3O2S/c1-6-2-4-7(5-3-6)13-14(12)8(9,10)11/h2-5H,1H3. The van der Waals surface area contributed by atoms with Crippen molar-refractivity contribution >= 4 is 11.1 Å². The van der Waals surface area contributed by atoms with Crippen molar-refractivity contribution in [1.29, 1.82) is 0 Å². The summed E-state index contributed by atoms with van der Waals surface area (Å²) in [6, 6.07) is 5.81. The van der Waals surface area contributed by atoms with E-state index < -0.39 is 16.6 Å². The van der Waals surface area contributed by atoms with E-state index in [1.807, 2.05) is 0 Å². The van der Waals surface area contributed by atoms with E-state index in [0.29, 0.717) is 0 Å². The molecule has 0 saturated heterocycles. The first-order valence-electron chi connectivity index (χ1n) is 3.63. The highest BCUT2D eigenvalue weighted by atomic mass is 32.2. The minimum absolute atomic E-state index is 0.0636. The van der Waals surface area contributed by atoms with Gasteiger partial charge in [0.2, 0.25) is 0 Å². The van der Waals surface area contributed by atoms with Crippen molar-refractivity contribution in [1.82, 2.24) is 0 Å². The second-order valence-corrected chi connectivity index (χ2v) is 3.68. The number of hydrogen-bond acceptors (Lipinski definition) is 2. The lowest BCUT2D eigenvalue weighted by atomic mass is 10.2. The molecule has 14 heavy (non-hydrogen) atoms. The SMILES string of the molecule is Cc1ccc(OS(=O)C(F)(F)F)cc1. The first kappa shape index (κ1) is 11.0. The summed E-state index contributed by atoms with van der Waals surface area (Å²) in [5, 5.41) is 0. The van der Waals surface area contributed by atoms with Gasteiger partial charge in [0.25, 0.3) is 0 Å². The minimum Gasteiger partial charge on any atom is -0.394 e. The molecule has 2 nitrogen and oxygen atoms in total. The number of hydrogen-bond donors (Lipinski definition) is 0. The Morgan fingerprint density at radius 1 is 1.21 bits per heavy atom. The fourth-order valence-electron chi connectivity index (χ4n) is 0.728. The molecule has 0 bridgehead atoms. The zero-order valence-electron chi connectivity index (χ0n) is 7.17. The summed E-state index contributed by atoms with van der Waals surface area (Å²) >= 11 is -3.29. The Morgan fingerprint density at radius 3 is 2.14 bits per heavy atom. The second-order valence-electron chi connectivity index (χ2n) is 2.58. The Balaban J connectivity index is 2.71. The van der Waals surface area contributed by atoms with Gasteiger partial charge in [0.15, 0.2) is 0 Å². The van der Waals surface area contributed by atoms with E-state index in [4.69, 9.17) is 0 Å². The quantitative estimate of drug-likeness (QED) is 0.771. The molecule has 0 aliphatic rings. The summed E-state index contributed by atoms with van der Waals surface area (Å²) in [5.74, 6) is -0.0636. The molecule has 1 unspecified atom stereocenters. The highest BCUT2D eigenvalue weighted by molar-refractivity contribution is 7.81. The lowest BCUT2D eigenvalue weighted by Gasteiger charge is -2.06. The van der Waals surface area contributed by atoms with Gasteiger partial charge in [-0.2, -0.15) is 13.2 Å². The lowest BCUT2D eigenvalue weighted by Crippen LogP contribution is -2.20. The zero-order valence-corrected chi connectivity index (χ0v) is 7.98. The van der Waals surface area contributed by atoms with Gasteiger partial charge in [-0.25, -0.2) is 4.21 Å². The highest BCUT2D eigenvalue weighted by Gasteiger charge is 2.39. The van der Waals surface area contributed by atoms with Crippen LogP contribution in [0.4, 0.5) is 13.2 Å². The summed E-state index contributed by atoms with van der Waals surface area (Å²) in [6.07, 6.45) is 0. The molecule has 0 saturated carbocycles. The fourth-order valence-corrected chi connectivity index (χ4v) is 1.11. The monoisotopic (exact) mass is 224 g/mol. The number of aryl methyl sites for hydroxylation is 1. The molecule has 0 radical (unpaired) electrons. The third-order valence-electron chi connectivity index (χ3n) is 1.38. The van der Waals surface area contributed by atoms with Crippen LogP contribution in [-0.4, -0.2) is 9.72 Å². The Labute approximate surface area is 81.4 Å². The minimum atomic E-state index is -4.84. The summed E-state index contributed by atoms with van der Waals surface area (Å²) in [4.78, 5) is 0. The Morgan fingerprint density at radius 2 is 1.71 bits per heavy atom. The largest absolute Gasteiger partial charge is 0.508 e. The predicted molar refractivity (Wildman–Crippen MR) is 46.0 cm³/mol. The van der Waals surface area contributed by atoms with Crippen molar-refractivity contribution in [2.45, 2.75) is 12.4 Å². The molecule has 0 aliphatic heterocycles. The average Bonchev–Trinajstić information content (AvgIpc) is 2.07. The van der Waals surface area contributed by atoms with Gasteiger partial charge in [-0.3, -0.25) is 0 Å². The van der Waals surface area contributed by atoms with Gasteiger partial charge in [-0.15, -0.1) is 0 Å². The summed E-state index contributed by atoms with van der Waals surface area (Å²) in [7, 11) is 0. The van der Waals surface area contributed by atoms with Gasteiger partial charge in [-0.05, 0) is 19.1 Å². The van der Waals surface area contributed by atoms with Gasteiger partial charge >= 0.3 is 16.6 Å². The topological polar surface area (TPSA) is 26.3 Å². The van der Waals surface area contributed by atoms with Crippen molar-refractivity contribution in [2.24, 2.45) is 0 Å².